The van der Waals surface area contributed by atoms with Gasteiger partial charge in [0.2, 0.25) is 11.0 Å². The van der Waals surface area contributed by atoms with Gasteiger partial charge in [-0.05, 0) is 17.7 Å². The van der Waals surface area contributed by atoms with E-state index >= 15 is 0 Å². The molecular formula is C11H8ClN3OS2. The van der Waals surface area contributed by atoms with Crippen molar-refractivity contribution in [3.05, 3.63) is 40.4 Å². The van der Waals surface area contributed by atoms with Gasteiger partial charge in [-0.1, -0.05) is 35.1 Å². The maximum atomic E-state index is 11.9. The summed E-state index contributed by atoms with van der Waals surface area (Å²) >= 11 is 8.83. The van der Waals surface area contributed by atoms with Crippen LogP contribution in [0, 0.1) is 0 Å². The van der Waals surface area contributed by atoms with Crippen LogP contribution in [0.1, 0.15) is 10.9 Å². The molecule has 1 unspecified atom stereocenters. The van der Waals surface area contributed by atoms with E-state index in [0.717, 1.165) is 5.56 Å². The molecule has 1 amide bonds. The van der Waals surface area contributed by atoms with Crippen molar-refractivity contribution < 1.29 is 4.79 Å². The third kappa shape index (κ3) is 2.11. The number of carbonyl (C=O) groups excluding carboxylic acids is 1. The quantitative estimate of drug-likeness (QED) is 0.855. The summed E-state index contributed by atoms with van der Waals surface area (Å²) in [6.45, 7) is 0. The van der Waals surface area contributed by atoms with Crippen LogP contribution in [0.3, 0.4) is 0 Å². The van der Waals surface area contributed by atoms with Crippen molar-refractivity contribution in [2.75, 3.05) is 10.7 Å². The van der Waals surface area contributed by atoms with E-state index < -0.39 is 0 Å². The standard InChI is InChI=1S/C11H8ClN3OS2/c12-8-3-1-7(2-4-8)10-15(9(16)5-17-10)11-14-13-6-18-11/h1-4,6,10H,5H2. The molecule has 1 saturated heterocycles. The summed E-state index contributed by atoms with van der Waals surface area (Å²) in [5.74, 6) is 0.532. The number of amides is 1. The van der Waals surface area contributed by atoms with Crippen LogP contribution in [-0.4, -0.2) is 21.9 Å². The van der Waals surface area contributed by atoms with Crippen molar-refractivity contribution in [1.29, 1.82) is 0 Å². The van der Waals surface area contributed by atoms with E-state index in [1.807, 2.05) is 24.3 Å². The maximum absolute atomic E-state index is 11.9. The highest BCUT2D eigenvalue weighted by atomic mass is 35.5. The number of carbonyl (C=O) groups is 1. The molecule has 0 N–H and O–H groups in total. The molecule has 1 aliphatic rings. The fraction of sp³-hybridized carbons (Fsp3) is 0.182. The van der Waals surface area contributed by atoms with E-state index in [1.54, 1.807) is 22.2 Å². The molecule has 2 heterocycles. The largest absolute Gasteiger partial charge is 0.273 e. The van der Waals surface area contributed by atoms with Crippen LogP contribution in [0.5, 0.6) is 0 Å². The van der Waals surface area contributed by atoms with Gasteiger partial charge < -0.3 is 0 Å². The fourth-order valence-electron chi connectivity index (χ4n) is 1.78. The van der Waals surface area contributed by atoms with Crippen LogP contribution in [-0.2, 0) is 4.79 Å². The van der Waals surface area contributed by atoms with Crippen LogP contribution in [0.25, 0.3) is 0 Å². The number of thioether (sulfide) groups is 1. The van der Waals surface area contributed by atoms with Gasteiger partial charge in [-0.15, -0.1) is 22.0 Å². The Morgan fingerprint density at radius 2 is 2.11 bits per heavy atom. The van der Waals surface area contributed by atoms with Crippen molar-refractivity contribution >= 4 is 45.7 Å². The molecule has 1 atom stereocenters. The number of hydrogen-bond acceptors (Lipinski definition) is 5. The number of rotatable bonds is 2. The monoisotopic (exact) mass is 297 g/mol. The molecule has 1 fully saturated rings. The second-order valence-corrected chi connectivity index (χ2v) is 6.02. The Labute approximate surface area is 117 Å². The fourth-order valence-corrected chi connectivity index (χ4v) is 3.73. The zero-order chi connectivity index (χ0) is 12.5. The van der Waals surface area contributed by atoms with E-state index in [1.165, 1.54) is 11.3 Å². The minimum Gasteiger partial charge on any atom is -0.273 e. The number of aromatic nitrogens is 2. The molecule has 2 aromatic rings. The number of hydrogen-bond donors (Lipinski definition) is 0. The minimum atomic E-state index is -0.0392. The summed E-state index contributed by atoms with van der Waals surface area (Å²) in [6, 6.07) is 7.54. The first-order valence-corrected chi connectivity index (χ1v) is 7.51. The van der Waals surface area contributed by atoms with Gasteiger partial charge in [-0.25, -0.2) is 0 Å². The van der Waals surface area contributed by atoms with E-state index in [9.17, 15) is 4.79 Å². The number of benzene rings is 1. The van der Waals surface area contributed by atoms with Gasteiger partial charge in [0.15, 0.2) is 0 Å². The van der Waals surface area contributed by atoms with Crippen molar-refractivity contribution in [3.8, 4) is 0 Å². The van der Waals surface area contributed by atoms with Gasteiger partial charge in [0, 0.05) is 5.02 Å². The molecule has 7 heteroatoms. The number of nitrogens with zero attached hydrogens (tertiary/aromatic N) is 3. The average Bonchev–Trinajstić information content (AvgIpc) is 2.99. The van der Waals surface area contributed by atoms with Crippen LogP contribution < -0.4 is 4.90 Å². The Bertz CT molecular complexity index is 558. The van der Waals surface area contributed by atoms with Crippen LogP contribution in [0.2, 0.25) is 5.02 Å². The average molecular weight is 298 g/mol. The summed E-state index contributed by atoms with van der Waals surface area (Å²) < 4.78 is 0. The molecule has 0 aliphatic carbocycles. The molecular weight excluding hydrogens is 290 g/mol. The third-order valence-corrected chi connectivity index (χ3v) is 4.73. The lowest BCUT2D eigenvalue weighted by atomic mass is 10.2. The smallest absolute Gasteiger partial charge is 0.240 e. The van der Waals surface area contributed by atoms with Gasteiger partial charge in [0.05, 0.1) is 5.75 Å². The molecule has 1 aromatic heterocycles. The van der Waals surface area contributed by atoms with Crippen LogP contribution in [0.15, 0.2) is 29.8 Å². The zero-order valence-electron chi connectivity index (χ0n) is 9.12. The van der Waals surface area contributed by atoms with Gasteiger partial charge in [0.25, 0.3) is 0 Å². The zero-order valence-corrected chi connectivity index (χ0v) is 11.5. The molecule has 0 spiro atoms. The highest BCUT2D eigenvalue weighted by Gasteiger charge is 2.35. The lowest BCUT2D eigenvalue weighted by Gasteiger charge is -2.20. The second kappa shape index (κ2) is 4.87. The van der Waals surface area contributed by atoms with Crippen molar-refractivity contribution in [1.82, 2.24) is 10.2 Å². The van der Waals surface area contributed by atoms with Gasteiger partial charge in [-0.3, -0.25) is 9.69 Å². The van der Waals surface area contributed by atoms with E-state index in [4.69, 9.17) is 11.6 Å². The SMILES string of the molecule is O=C1CSC(c2ccc(Cl)cc2)N1c1nncs1. The first-order valence-electron chi connectivity index (χ1n) is 5.21. The summed E-state index contributed by atoms with van der Waals surface area (Å²) in [5.41, 5.74) is 2.68. The molecule has 0 saturated carbocycles. The Morgan fingerprint density at radius 3 is 2.78 bits per heavy atom. The molecule has 1 aliphatic heterocycles. The summed E-state index contributed by atoms with van der Waals surface area (Å²) in [6.07, 6.45) is 0. The Kier molecular flexibility index (Phi) is 3.23. The molecule has 0 radical (unpaired) electrons. The summed E-state index contributed by atoms with van der Waals surface area (Å²) in [4.78, 5) is 13.6. The van der Waals surface area contributed by atoms with Crippen molar-refractivity contribution in [3.63, 3.8) is 0 Å². The highest BCUT2D eigenvalue weighted by molar-refractivity contribution is 8.00. The molecule has 4 nitrogen and oxygen atoms in total. The van der Waals surface area contributed by atoms with E-state index in [-0.39, 0.29) is 11.3 Å². The molecule has 3 rings (SSSR count). The first kappa shape index (κ1) is 12.0. The maximum Gasteiger partial charge on any atom is 0.240 e. The third-order valence-electron chi connectivity index (χ3n) is 2.58. The molecule has 1 aromatic carbocycles. The van der Waals surface area contributed by atoms with Crippen LogP contribution >= 0.6 is 34.7 Å². The Balaban J connectivity index is 1.96. The molecule has 18 heavy (non-hydrogen) atoms. The van der Waals surface area contributed by atoms with E-state index in [0.29, 0.717) is 15.9 Å². The van der Waals surface area contributed by atoms with Crippen LogP contribution in [0.4, 0.5) is 5.13 Å². The number of halogens is 1. The normalized spacial score (nSPS) is 19.5. The molecule has 0 bridgehead atoms. The predicted molar refractivity (Wildman–Crippen MR) is 74.0 cm³/mol. The van der Waals surface area contributed by atoms with Crippen molar-refractivity contribution in [2.45, 2.75) is 5.37 Å². The highest BCUT2D eigenvalue weighted by Crippen LogP contribution is 2.42. The molecule has 92 valence electrons. The lowest BCUT2D eigenvalue weighted by molar-refractivity contribution is -0.115. The van der Waals surface area contributed by atoms with Crippen molar-refractivity contribution in [2.24, 2.45) is 0 Å². The summed E-state index contributed by atoms with van der Waals surface area (Å²) in [5, 5.41) is 9.06. The van der Waals surface area contributed by atoms with Gasteiger partial charge in [-0.2, -0.15) is 0 Å². The summed E-state index contributed by atoms with van der Waals surface area (Å²) in [7, 11) is 0. The predicted octanol–water partition coefficient (Wildman–Crippen LogP) is 2.97. The minimum absolute atomic E-state index is 0.0392. The van der Waals surface area contributed by atoms with Gasteiger partial charge >= 0.3 is 0 Å². The Morgan fingerprint density at radius 1 is 1.33 bits per heavy atom. The lowest BCUT2D eigenvalue weighted by Crippen LogP contribution is -2.27. The topological polar surface area (TPSA) is 46.1 Å². The number of anilines is 1. The van der Waals surface area contributed by atoms with E-state index in [2.05, 4.69) is 10.2 Å². The second-order valence-electron chi connectivity index (χ2n) is 3.70. The van der Waals surface area contributed by atoms with Gasteiger partial charge in [0.1, 0.15) is 10.9 Å². The first-order chi connectivity index (χ1) is 8.75. The Hall–Kier alpha value is -1.11.